The van der Waals surface area contributed by atoms with Gasteiger partial charge in [0.2, 0.25) is 0 Å². The van der Waals surface area contributed by atoms with E-state index in [1.165, 1.54) is 0 Å². The third-order valence-electron chi connectivity index (χ3n) is 2.86. The second-order valence-corrected chi connectivity index (χ2v) is 6.18. The van der Waals surface area contributed by atoms with Gasteiger partial charge in [0.25, 0.3) is 0 Å². The molecule has 2 nitrogen and oxygen atoms in total. The van der Waals surface area contributed by atoms with Gasteiger partial charge in [-0.15, -0.1) is 0 Å². The molecule has 0 aromatic rings. The van der Waals surface area contributed by atoms with Gasteiger partial charge in [-0.2, -0.15) is 0 Å². The largest absolute Gasteiger partial charge is 0.673 e. The summed E-state index contributed by atoms with van der Waals surface area (Å²) in [5, 5.41) is 0. The van der Waals surface area contributed by atoms with Gasteiger partial charge in [-0.25, -0.2) is 9.48 Å². The van der Waals surface area contributed by atoms with E-state index < -0.39 is 7.25 Å². The van der Waals surface area contributed by atoms with Crippen LogP contribution < -0.4 is 0 Å². The van der Waals surface area contributed by atoms with Crippen molar-refractivity contribution in [2.24, 2.45) is 4.99 Å². The number of quaternary nitrogens is 1. The summed E-state index contributed by atoms with van der Waals surface area (Å²) in [5.74, 6) is 0. The standard InChI is InChI=1S/C11H21N2.BF4/c1-10(2,3)13(11(4,5)6)8-7-12-9-13;2-1(3,4)5/h7-9H,1-6H3;/q+1;-1. The van der Waals surface area contributed by atoms with Crippen molar-refractivity contribution in [3.8, 4) is 0 Å². The van der Waals surface area contributed by atoms with Crippen LogP contribution in [0.1, 0.15) is 41.5 Å². The molecule has 1 heterocycles. The van der Waals surface area contributed by atoms with Crippen molar-refractivity contribution in [1.82, 2.24) is 0 Å². The van der Waals surface area contributed by atoms with Gasteiger partial charge in [-0.05, 0) is 41.5 Å². The Kier molecular flexibility index (Phi) is 4.80. The number of hydrogen-bond acceptors (Lipinski definition) is 1. The molecule has 0 aromatic heterocycles. The molecule has 0 amide bonds. The summed E-state index contributed by atoms with van der Waals surface area (Å²) in [6.07, 6.45) is 6.12. The summed E-state index contributed by atoms with van der Waals surface area (Å²) >= 11 is 0. The van der Waals surface area contributed by atoms with E-state index in [9.17, 15) is 17.3 Å². The second kappa shape index (κ2) is 5.03. The highest BCUT2D eigenvalue weighted by atomic mass is 19.5. The quantitative estimate of drug-likeness (QED) is 0.354. The van der Waals surface area contributed by atoms with Crippen LogP contribution in [0.25, 0.3) is 0 Å². The fourth-order valence-electron chi connectivity index (χ4n) is 2.13. The lowest BCUT2D eigenvalue weighted by Crippen LogP contribution is -2.64. The van der Waals surface area contributed by atoms with Crippen LogP contribution in [0.15, 0.2) is 17.4 Å². The fourth-order valence-corrected chi connectivity index (χ4v) is 2.13. The van der Waals surface area contributed by atoms with Crippen molar-refractivity contribution >= 4 is 13.6 Å². The molecule has 0 N–H and O–H groups in total. The molecule has 0 saturated heterocycles. The van der Waals surface area contributed by atoms with Crippen LogP contribution >= 0.6 is 0 Å². The fraction of sp³-hybridized carbons (Fsp3) is 0.727. The Balaban J connectivity index is 0.000000494. The minimum Gasteiger partial charge on any atom is -0.418 e. The lowest BCUT2D eigenvalue weighted by Gasteiger charge is -2.49. The van der Waals surface area contributed by atoms with E-state index in [1.807, 2.05) is 12.5 Å². The van der Waals surface area contributed by atoms with Crippen molar-refractivity contribution in [3.63, 3.8) is 0 Å². The van der Waals surface area contributed by atoms with Crippen LogP contribution in [0.4, 0.5) is 17.3 Å². The third-order valence-corrected chi connectivity index (χ3v) is 2.86. The Morgan fingerprint density at radius 3 is 1.33 bits per heavy atom. The maximum Gasteiger partial charge on any atom is 0.673 e. The average Bonchev–Trinajstić information content (AvgIpc) is 2.44. The zero-order valence-corrected chi connectivity index (χ0v) is 11.7. The molecule has 0 atom stereocenters. The molecule has 18 heavy (non-hydrogen) atoms. The van der Waals surface area contributed by atoms with E-state index in [2.05, 4.69) is 52.7 Å². The van der Waals surface area contributed by atoms with Gasteiger partial charge in [0.05, 0.1) is 6.20 Å². The van der Waals surface area contributed by atoms with E-state index in [1.54, 1.807) is 0 Å². The van der Waals surface area contributed by atoms with Gasteiger partial charge < -0.3 is 17.3 Å². The van der Waals surface area contributed by atoms with Gasteiger partial charge in [-0.1, -0.05) is 0 Å². The Labute approximate surface area is 106 Å². The second-order valence-electron chi connectivity index (χ2n) is 6.18. The summed E-state index contributed by atoms with van der Waals surface area (Å²) < 4.78 is 39.8. The highest BCUT2D eigenvalue weighted by Crippen LogP contribution is 2.36. The van der Waals surface area contributed by atoms with Gasteiger partial charge in [0.1, 0.15) is 17.3 Å². The molecular formula is C11H21BF4N2. The van der Waals surface area contributed by atoms with Crippen molar-refractivity contribution in [2.45, 2.75) is 52.6 Å². The van der Waals surface area contributed by atoms with Gasteiger partial charge >= 0.3 is 7.25 Å². The Morgan fingerprint density at radius 2 is 1.22 bits per heavy atom. The molecule has 7 heteroatoms. The molecule has 0 radical (unpaired) electrons. The first kappa shape index (κ1) is 17.2. The van der Waals surface area contributed by atoms with Gasteiger partial charge in [-0.3, -0.25) is 0 Å². The molecule has 0 bridgehead atoms. The summed E-state index contributed by atoms with van der Waals surface area (Å²) in [5.41, 5.74) is 0.323. The molecule has 0 fully saturated rings. The van der Waals surface area contributed by atoms with Crippen LogP contribution in [-0.2, 0) is 0 Å². The van der Waals surface area contributed by atoms with Crippen LogP contribution in [0.2, 0.25) is 0 Å². The minimum absolute atomic E-state index is 0.161. The van der Waals surface area contributed by atoms with Crippen LogP contribution in [-0.4, -0.2) is 29.2 Å². The number of hydrogen-bond donors (Lipinski definition) is 0. The highest BCUT2D eigenvalue weighted by Gasteiger charge is 2.48. The normalized spacial score (nSPS) is 18.6. The SMILES string of the molecule is CC(C)(C)[N+]1(C(C)(C)C)C=CN=C1.F[B-](F)(F)F. The molecule has 1 aliphatic rings. The first-order valence-electron chi connectivity index (χ1n) is 5.69. The maximum absolute atomic E-state index is 9.75. The summed E-state index contributed by atoms with van der Waals surface area (Å²) in [7, 11) is -6.00. The molecule has 0 unspecified atom stereocenters. The third kappa shape index (κ3) is 4.44. The van der Waals surface area contributed by atoms with Crippen molar-refractivity contribution in [2.75, 3.05) is 0 Å². The Morgan fingerprint density at radius 1 is 0.889 bits per heavy atom. The van der Waals surface area contributed by atoms with E-state index in [0.29, 0.717) is 0 Å². The van der Waals surface area contributed by atoms with Crippen molar-refractivity contribution in [3.05, 3.63) is 12.4 Å². The summed E-state index contributed by atoms with van der Waals surface area (Å²) in [4.78, 5) is 4.24. The van der Waals surface area contributed by atoms with E-state index >= 15 is 0 Å². The first-order valence-corrected chi connectivity index (χ1v) is 5.69. The van der Waals surface area contributed by atoms with Crippen LogP contribution in [0, 0.1) is 0 Å². The highest BCUT2D eigenvalue weighted by molar-refractivity contribution is 6.50. The van der Waals surface area contributed by atoms with Crippen molar-refractivity contribution < 1.29 is 21.7 Å². The predicted octanol–water partition coefficient (Wildman–Crippen LogP) is 4.21. The molecule has 1 rings (SSSR count). The molecule has 0 saturated carbocycles. The van der Waals surface area contributed by atoms with Crippen LogP contribution in [0.5, 0.6) is 0 Å². The maximum atomic E-state index is 9.75. The average molecular weight is 268 g/mol. The zero-order valence-electron chi connectivity index (χ0n) is 11.7. The van der Waals surface area contributed by atoms with Crippen LogP contribution in [0.3, 0.4) is 0 Å². The molecule has 0 aliphatic carbocycles. The Bertz CT molecular complexity index is 300. The molecule has 1 aliphatic heterocycles. The monoisotopic (exact) mass is 268 g/mol. The first-order chi connectivity index (χ1) is 7.71. The molecule has 0 aromatic carbocycles. The number of nitrogens with zero attached hydrogens (tertiary/aromatic N) is 2. The van der Waals surface area contributed by atoms with E-state index in [-0.39, 0.29) is 11.1 Å². The number of halogens is 4. The smallest absolute Gasteiger partial charge is 0.418 e. The van der Waals surface area contributed by atoms with E-state index in [4.69, 9.17) is 0 Å². The minimum atomic E-state index is -6.00. The van der Waals surface area contributed by atoms with E-state index in [0.717, 1.165) is 4.48 Å². The summed E-state index contributed by atoms with van der Waals surface area (Å²) in [6, 6.07) is 0. The lowest BCUT2D eigenvalue weighted by molar-refractivity contribution is -0.879. The number of aliphatic imine (C=N–C) groups is 1. The Hall–Kier alpha value is -0.845. The molecule has 0 spiro atoms. The predicted molar refractivity (Wildman–Crippen MR) is 67.6 cm³/mol. The van der Waals surface area contributed by atoms with Crippen molar-refractivity contribution in [1.29, 1.82) is 0 Å². The van der Waals surface area contributed by atoms with Gasteiger partial charge in [0, 0.05) is 0 Å². The summed E-state index contributed by atoms with van der Waals surface area (Å²) in [6.45, 7) is 13.5. The van der Waals surface area contributed by atoms with Gasteiger partial charge in [0.15, 0.2) is 6.34 Å². The molecular weight excluding hydrogens is 247 g/mol. The lowest BCUT2D eigenvalue weighted by atomic mass is 9.92. The number of rotatable bonds is 0. The molecule has 106 valence electrons. The zero-order chi connectivity index (χ0) is 14.8. The topological polar surface area (TPSA) is 12.4 Å².